The van der Waals surface area contributed by atoms with E-state index in [2.05, 4.69) is 27.4 Å². The van der Waals surface area contributed by atoms with Crippen molar-refractivity contribution in [2.75, 3.05) is 24.6 Å². The number of nitrogens with zero attached hydrogens (tertiary/aromatic N) is 2. The van der Waals surface area contributed by atoms with Gasteiger partial charge < -0.3 is 9.47 Å². The van der Waals surface area contributed by atoms with Crippen LogP contribution < -0.4 is 0 Å². The first-order chi connectivity index (χ1) is 8.72. The van der Waals surface area contributed by atoms with E-state index in [0.717, 1.165) is 48.4 Å². The van der Waals surface area contributed by atoms with E-state index in [-0.39, 0.29) is 5.91 Å². The number of hydrogen-bond donors (Lipinski definition) is 0. The van der Waals surface area contributed by atoms with Crippen molar-refractivity contribution < 1.29 is 4.79 Å². The molecular formula is C13H19BrN2OS. The van der Waals surface area contributed by atoms with Crippen LogP contribution in [0.4, 0.5) is 0 Å². The molecule has 0 bridgehead atoms. The number of amides is 1. The zero-order valence-corrected chi connectivity index (χ0v) is 13.1. The van der Waals surface area contributed by atoms with Crippen molar-refractivity contribution in [1.29, 1.82) is 0 Å². The summed E-state index contributed by atoms with van der Waals surface area (Å²) < 4.78 is 3.05. The molecule has 5 heteroatoms. The number of carbonyl (C=O) groups is 1. The third kappa shape index (κ3) is 3.32. The average molecular weight is 331 g/mol. The van der Waals surface area contributed by atoms with Crippen molar-refractivity contribution in [3.8, 4) is 0 Å². The highest BCUT2D eigenvalue weighted by atomic mass is 79.9. The zero-order chi connectivity index (χ0) is 13.0. The molecular weight excluding hydrogens is 312 g/mol. The lowest BCUT2D eigenvalue weighted by atomic mass is 10.3. The van der Waals surface area contributed by atoms with Crippen LogP contribution in [0.25, 0.3) is 0 Å². The Morgan fingerprint density at radius 3 is 3.06 bits per heavy atom. The Kier molecular flexibility index (Phi) is 5.18. The molecule has 0 spiro atoms. The molecule has 1 fully saturated rings. The topological polar surface area (TPSA) is 25.2 Å². The molecule has 1 amide bonds. The maximum atomic E-state index is 12.5. The van der Waals surface area contributed by atoms with E-state index >= 15 is 0 Å². The molecule has 0 saturated carbocycles. The molecule has 100 valence electrons. The first-order valence-corrected chi connectivity index (χ1v) is 8.40. The highest BCUT2D eigenvalue weighted by molar-refractivity contribution is 9.10. The van der Waals surface area contributed by atoms with Gasteiger partial charge in [-0.05, 0) is 40.6 Å². The molecule has 1 aromatic heterocycles. The normalized spacial score (nSPS) is 16.7. The maximum Gasteiger partial charge on any atom is 0.270 e. The monoisotopic (exact) mass is 330 g/mol. The lowest BCUT2D eigenvalue weighted by Crippen LogP contribution is -2.34. The predicted octanol–water partition coefficient (Wildman–Crippen LogP) is 3.24. The van der Waals surface area contributed by atoms with Gasteiger partial charge in [0.1, 0.15) is 5.69 Å². The van der Waals surface area contributed by atoms with Gasteiger partial charge in [0.25, 0.3) is 5.91 Å². The zero-order valence-electron chi connectivity index (χ0n) is 10.7. The van der Waals surface area contributed by atoms with E-state index in [9.17, 15) is 4.79 Å². The molecule has 2 heterocycles. The van der Waals surface area contributed by atoms with E-state index in [1.165, 1.54) is 5.75 Å². The first-order valence-electron chi connectivity index (χ1n) is 6.45. The van der Waals surface area contributed by atoms with Gasteiger partial charge in [-0.3, -0.25) is 4.79 Å². The van der Waals surface area contributed by atoms with Crippen LogP contribution >= 0.6 is 27.7 Å². The van der Waals surface area contributed by atoms with Crippen LogP contribution in [0.5, 0.6) is 0 Å². The van der Waals surface area contributed by atoms with Gasteiger partial charge in [-0.25, -0.2) is 0 Å². The Bertz CT molecular complexity index is 411. The summed E-state index contributed by atoms with van der Waals surface area (Å²) in [7, 11) is 0. The van der Waals surface area contributed by atoms with E-state index in [1.807, 2.05) is 28.9 Å². The van der Waals surface area contributed by atoms with Crippen LogP contribution in [-0.2, 0) is 6.54 Å². The number of aryl methyl sites for hydroxylation is 1. The van der Waals surface area contributed by atoms with Crippen LogP contribution in [0.2, 0.25) is 0 Å². The summed E-state index contributed by atoms with van der Waals surface area (Å²) in [4.78, 5) is 14.5. The number of halogens is 1. The molecule has 1 aliphatic heterocycles. The SMILES string of the molecule is CCCn1cc(Br)cc1C(=O)N1CCCSCC1. The average Bonchev–Trinajstić information content (AvgIpc) is 2.57. The van der Waals surface area contributed by atoms with E-state index < -0.39 is 0 Å². The largest absolute Gasteiger partial charge is 0.342 e. The summed E-state index contributed by atoms with van der Waals surface area (Å²) in [5.41, 5.74) is 0.815. The Balaban J connectivity index is 2.16. The van der Waals surface area contributed by atoms with E-state index in [0.29, 0.717) is 0 Å². The van der Waals surface area contributed by atoms with Crippen LogP contribution in [-0.4, -0.2) is 40.0 Å². The molecule has 3 nitrogen and oxygen atoms in total. The second-order valence-electron chi connectivity index (χ2n) is 4.50. The van der Waals surface area contributed by atoms with Crippen molar-refractivity contribution in [1.82, 2.24) is 9.47 Å². The summed E-state index contributed by atoms with van der Waals surface area (Å²) in [6.07, 6.45) is 4.15. The summed E-state index contributed by atoms with van der Waals surface area (Å²) in [5, 5.41) is 0. The third-order valence-electron chi connectivity index (χ3n) is 3.06. The lowest BCUT2D eigenvalue weighted by molar-refractivity contribution is 0.0757. The van der Waals surface area contributed by atoms with Gasteiger partial charge in [0.2, 0.25) is 0 Å². The molecule has 0 atom stereocenters. The Morgan fingerprint density at radius 1 is 1.44 bits per heavy atom. The fourth-order valence-corrected chi connectivity index (χ4v) is 3.54. The summed E-state index contributed by atoms with van der Waals surface area (Å²) in [6, 6.07) is 1.94. The minimum Gasteiger partial charge on any atom is -0.342 e. The van der Waals surface area contributed by atoms with Gasteiger partial charge in [0.05, 0.1) is 0 Å². The molecule has 0 unspecified atom stereocenters. The maximum absolute atomic E-state index is 12.5. The highest BCUT2D eigenvalue weighted by Gasteiger charge is 2.20. The summed E-state index contributed by atoms with van der Waals surface area (Å²) in [6.45, 7) is 4.79. The second-order valence-corrected chi connectivity index (χ2v) is 6.64. The fourth-order valence-electron chi connectivity index (χ4n) is 2.19. The standard InChI is InChI=1S/C13H19BrN2OS/c1-2-4-16-10-11(14)9-12(16)13(17)15-5-3-7-18-8-6-15/h9-10H,2-8H2,1H3. The quantitative estimate of drug-likeness (QED) is 0.850. The predicted molar refractivity (Wildman–Crippen MR) is 80.3 cm³/mol. The minimum atomic E-state index is 0.177. The number of aromatic nitrogens is 1. The van der Waals surface area contributed by atoms with E-state index in [4.69, 9.17) is 0 Å². The van der Waals surface area contributed by atoms with Crippen molar-refractivity contribution >= 4 is 33.6 Å². The summed E-state index contributed by atoms with van der Waals surface area (Å²) >= 11 is 5.41. The fraction of sp³-hybridized carbons (Fsp3) is 0.615. The van der Waals surface area contributed by atoms with Crippen LogP contribution in [0, 0.1) is 0 Å². The number of hydrogen-bond acceptors (Lipinski definition) is 2. The van der Waals surface area contributed by atoms with Gasteiger partial charge in [-0.1, -0.05) is 6.92 Å². The van der Waals surface area contributed by atoms with Gasteiger partial charge in [0, 0.05) is 36.1 Å². The minimum absolute atomic E-state index is 0.177. The van der Waals surface area contributed by atoms with Gasteiger partial charge in [0.15, 0.2) is 0 Å². The van der Waals surface area contributed by atoms with Gasteiger partial charge in [-0.15, -0.1) is 0 Å². The molecule has 0 aliphatic carbocycles. The Hall–Kier alpha value is -0.420. The molecule has 18 heavy (non-hydrogen) atoms. The van der Waals surface area contributed by atoms with Gasteiger partial charge in [-0.2, -0.15) is 11.8 Å². The van der Waals surface area contributed by atoms with Crippen molar-refractivity contribution in [3.63, 3.8) is 0 Å². The smallest absolute Gasteiger partial charge is 0.270 e. The van der Waals surface area contributed by atoms with Crippen LogP contribution in [0.1, 0.15) is 30.3 Å². The van der Waals surface area contributed by atoms with Crippen LogP contribution in [0.3, 0.4) is 0 Å². The summed E-state index contributed by atoms with van der Waals surface area (Å²) in [5.74, 6) is 2.40. The molecule has 2 rings (SSSR count). The van der Waals surface area contributed by atoms with Crippen molar-refractivity contribution in [3.05, 3.63) is 22.4 Å². The molecule has 1 saturated heterocycles. The molecule has 0 aromatic carbocycles. The van der Waals surface area contributed by atoms with Crippen molar-refractivity contribution in [2.24, 2.45) is 0 Å². The highest BCUT2D eigenvalue weighted by Crippen LogP contribution is 2.19. The van der Waals surface area contributed by atoms with Gasteiger partial charge >= 0.3 is 0 Å². The van der Waals surface area contributed by atoms with E-state index in [1.54, 1.807) is 0 Å². The molecule has 0 radical (unpaired) electrons. The molecule has 1 aromatic rings. The number of thioether (sulfide) groups is 1. The van der Waals surface area contributed by atoms with Crippen molar-refractivity contribution in [2.45, 2.75) is 26.3 Å². The molecule has 1 aliphatic rings. The Morgan fingerprint density at radius 2 is 2.28 bits per heavy atom. The second kappa shape index (κ2) is 6.66. The number of rotatable bonds is 3. The van der Waals surface area contributed by atoms with Crippen LogP contribution in [0.15, 0.2) is 16.7 Å². The number of carbonyl (C=O) groups excluding carboxylic acids is 1. The lowest BCUT2D eigenvalue weighted by Gasteiger charge is -2.20. The molecule has 0 N–H and O–H groups in total. The first kappa shape index (κ1) is 14.0. The Labute approximate surface area is 121 Å². The third-order valence-corrected chi connectivity index (χ3v) is 4.54.